The highest BCUT2D eigenvalue weighted by molar-refractivity contribution is 6.01. The third-order valence-electron chi connectivity index (χ3n) is 5.43. The number of anilines is 2. The average Bonchev–Trinajstić information content (AvgIpc) is 2.74. The Hall–Kier alpha value is -2.99. The van der Waals surface area contributed by atoms with Gasteiger partial charge < -0.3 is 10.2 Å². The van der Waals surface area contributed by atoms with Gasteiger partial charge in [-0.2, -0.15) is 10.1 Å². The molecule has 0 unspecified atom stereocenters. The summed E-state index contributed by atoms with van der Waals surface area (Å²) in [5.74, 6) is 0.292. The third kappa shape index (κ3) is 4.22. The molecular weight excluding hydrogens is 364 g/mol. The van der Waals surface area contributed by atoms with Crippen molar-refractivity contribution in [2.75, 3.05) is 29.5 Å². The van der Waals surface area contributed by atoms with Gasteiger partial charge in [-0.1, -0.05) is 49.4 Å². The molecule has 2 atom stereocenters. The standard InChI is InChI=1S/C23H26N4O2/c1-17-13-23(29)27(25-15-17)20-10-6-5-9-19(20)26-12-11-24-16-21(26)22(28)14-18-7-3-2-4-8-18/h2-10,15,17,21,24H,11-14,16H2,1H3/t17-,21-/m0/s1. The molecule has 6 heteroatoms. The quantitative estimate of drug-likeness (QED) is 0.852. The van der Waals surface area contributed by atoms with Gasteiger partial charge in [0.25, 0.3) is 0 Å². The van der Waals surface area contributed by atoms with Gasteiger partial charge in [0, 0.05) is 44.6 Å². The number of hydrogen-bond donors (Lipinski definition) is 1. The normalized spacial score (nSPS) is 22.0. The Morgan fingerprint density at radius 3 is 2.59 bits per heavy atom. The molecule has 4 rings (SSSR count). The lowest BCUT2D eigenvalue weighted by Crippen LogP contribution is -2.56. The predicted octanol–water partition coefficient (Wildman–Crippen LogP) is 2.64. The summed E-state index contributed by atoms with van der Waals surface area (Å²) >= 11 is 0. The number of benzene rings is 2. The Kier molecular flexibility index (Phi) is 5.71. The van der Waals surface area contributed by atoms with Crippen LogP contribution in [0.5, 0.6) is 0 Å². The van der Waals surface area contributed by atoms with Gasteiger partial charge in [0.15, 0.2) is 5.78 Å². The van der Waals surface area contributed by atoms with Crippen LogP contribution in [0.3, 0.4) is 0 Å². The second-order valence-corrected chi connectivity index (χ2v) is 7.68. The fraction of sp³-hybridized carbons (Fsp3) is 0.348. The number of Topliss-reactive ketones (excluding diaryl/α,β-unsaturated/α-hetero) is 1. The van der Waals surface area contributed by atoms with Gasteiger partial charge in [-0.25, -0.2) is 0 Å². The smallest absolute Gasteiger partial charge is 0.248 e. The molecule has 1 saturated heterocycles. The fourth-order valence-corrected chi connectivity index (χ4v) is 3.94. The summed E-state index contributed by atoms with van der Waals surface area (Å²) in [5, 5.41) is 9.21. The van der Waals surface area contributed by atoms with Crippen LogP contribution in [0.1, 0.15) is 18.9 Å². The second-order valence-electron chi connectivity index (χ2n) is 7.68. The first-order valence-corrected chi connectivity index (χ1v) is 10.1. The molecule has 0 aliphatic carbocycles. The largest absolute Gasteiger partial charge is 0.357 e. The summed E-state index contributed by atoms with van der Waals surface area (Å²) in [4.78, 5) is 27.9. The van der Waals surface area contributed by atoms with Crippen LogP contribution < -0.4 is 15.2 Å². The zero-order chi connectivity index (χ0) is 20.2. The monoisotopic (exact) mass is 390 g/mol. The van der Waals surface area contributed by atoms with Crippen molar-refractivity contribution in [2.24, 2.45) is 11.0 Å². The maximum absolute atomic E-state index is 13.2. The number of carbonyl (C=O) groups is 2. The van der Waals surface area contributed by atoms with E-state index >= 15 is 0 Å². The Morgan fingerprint density at radius 2 is 1.83 bits per heavy atom. The van der Waals surface area contributed by atoms with Crippen LogP contribution in [0.25, 0.3) is 0 Å². The molecule has 0 radical (unpaired) electrons. The Morgan fingerprint density at radius 1 is 1.10 bits per heavy atom. The van der Waals surface area contributed by atoms with E-state index in [2.05, 4.69) is 15.3 Å². The van der Waals surface area contributed by atoms with E-state index in [0.29, 0.717) is 25.9 Å². The second kappa shape index (κ2) is 8.57. The number of hydrogen-bond acceptors (Lipinski definition) is 5. The molecule has 0 spiro atoms. The Labute approximate surface area is 171 Å². The summed E-state index contributed by atoms with van der Waals surface area (Å²) < 4.78 is 0. The molecule has 1 amide bonds. The molecule has 0 bridgehead atoms. The number of piperazine rings is 1. The summed E-state index contributed by atoms with van der Waals surface area (Å²) in [6, 6.07) is 17.3. The van der Waals surface area contributed by atoms with Crippen molar-refractivity contribution in [3.05, 3.63) is 60.2 Å². The number of para-hydroxylation sites is 2. The predicted molar refractivity (Wildman–Crippen MR) is 115 cm³/mol. The van der Waals surface area contributed by atoms with Gasteiger partial charge in [0.05, 0.1) is 11.4 Å². The highest BCUT2D eigenvalue weighted by Gasteiger charge is 2.32. The van der Waals surface area contributed by atoms with Gasteiger partial charge in [0.1, 0.15) is 6.04 Å². The molecule has 6 nitrogen and oxygen atoms in total. The zero-order valence-corrected chi connectivity index (χ0v) is 16.6. The van der Waals surface area contributed by atoms with Crippen LogP contribution in [0.15, 0.2) is 59.7 Å². The van der Waals surface area contributed by atoms with Crippen LogP contribution in [-0.2, 0) is 16.0 Å². The Balaban J connectivity index is 1.63. The van der Waals surface area contributed by atoms with E-state index in [1.54, 1.807) is 0 Å². The molecule has 0 aromatic heterocycles. The number of nitrogens with zero attached hydrogens (tertiary/aromatic N) is 3. The van der Waals surface area contributed by atoms with E-state index < -0.39 is 0 Å². The summed E-state index contributed by atoms with van der Waals surface area (Å²) in [6.45, 7) is 4.07. The minimum atomic E-state index is -0.284. The molecule has 150 valence electrons. The number of ketones is 1. The molecular formula is C23H26N4O2. The molecule has 1 N–H and O–H groups in total. The highest BCUT2D eigenvalue weighted by Crippen LogP contribution is 2.33. The molecule has 2 aliphatic rings. The van der Waals surface area contributed by atoms with Crippen LogP contribution >= 0.6 is 0 Å². The average molecular weight is 390 g/mol. The molecule has 1 fully saturated rings. The van der Waals surface area contributed by atoms with Crippen molar-refractivity contribution in [1.82, 2.24) is 5.32 Å². The van der Waals surface area contributed by atoms with Crippen molar-refractivity contribution in [3.63, 3.8) is 0 Å². The summed E-state index contributed by atoms with van der Waals surface area (Å²) in [5.41, 5.74) is 2.63. The minimum Gasteiger partial charge on any atom is -0.357 e. The van der Waals surface area contributed by atoms with Gasteiger partial charge in [-0.3, -0.25) is 9.59 Å². The molecule has 29 heavy (non-hydrogen) atoms. The number of nitrogens with one attached hydrogen (secondary N) is 1. The topological polar surface area (TPSA) is 65.0 Å². The van der Waals surface area contributed by atoms with E-state index in [1.165, 1.54) is 5.01 Å². The van der Waals surface area contributed by atoms with Crippen molar-refractivity contribution in [2.45, 2.75) is 25.8 Å². The van der Waals surface area contributed by atoms with Crippen LogP contribution in [-0.4, -0.2) is 43.6 Å². The highest BCUT2D eigenvalue weighted by atomic mass is 16.2. The van der Waals surface area contributed by atoms with Gasteiger partial charge in [0.2, 0.25) is 5.91 Å². The molecule has 0 saturated carbocycles. The lowest BCUT2D eigenvalue weighted by atomic mass is 10.00. The maximum Gasteiger partial charge on any atom is 0.248 e. The van der Waals surface area contributed by atoms with Gasteiger partial charge in [-0.15, -0.1) is 0 Å². The van der Waals surface area contributed by atoms with Crippen molar-refractivity contribution in [3.8, 4) is 0 Å². The van der Waals surface area contributed by atoms with Crippen molar-refractivity contribution < 1.29 is 9.59 Å². The van der Waals surface area contributed by atoms with E-state index in [-0.39, 0.29) is 23.7 Å². The molecule has 2 aliphatic heterocycles. The first-order chi connectivity index (χ1) is 14.1. The Bertz CT molecular complexity index is 912. The van der Waals surface area contributed by atoms with Crippen LogP contribution in [0.4, 0.5) is 11.4 Å². The third-order valence-corrected chi connectivity index (χ3v) is 5.43. The maximum atomic E-state index is 13.2. The van der Waals surface area contributed by atoms with Crippen LogP contribution in [0.2, 0.25) is 0 Å². The number of rotatable bonds is 5. The van der Waals surface area contributed by atoms with E-state index in [9.17, 15) is 9.59 Å². The molecule has 2 heterocycles. The van der Waals surface area contributed by atoms with E-state index in [4.69, 9.17) is 0 Å². The number of carbonyl (C=O) groups excluding carboxylic acids is 2. The number of amides is 1. The summed E-state index contributed by atoms with van der Waals surface area (Å²) in [7, 11) is 0. The van der Waals surface area contributed by atoms with E-state index in [1.807, 2.05) is 67.7 Å². The first kappa shape index (κ1) is 19.3. The van der Waals surface area contributed by atoms with E-state index in [0.717, 1.165) is 23.5 Å². The van der Waals surface area contributed by atoms with Crippen molar-refractivity contribution in [1.29, 1.82) is 0 Å². The zero-order valence-electron chi connectivity index (χ0n) is 16.6. The lowest BCUT2D eigenvalue weighted by Gasteiger charge is -2.39. The lowest BCUT2D eigenvalue weighted by molar-refractivity contribution is -0.120. The molecule has 2 aromatic rings. The van der Waals surface area contributed by atoms with Gasteiger partial charge in [-0.05, 0) is 17.7 Å². The first-order valence-electron chi connectivity index (χ1n) is 10.1. The van der Waals surface area contributed by atoms with Crippen LogP contribution in [0, 0.1) is 5.92 Å². The SMILES string of the molecule is C[C@@H]1C=NN(c2ccccc2N2CCNC[C@H]2C(=O)Cc2ccccc2)C(=O)C1. The minimum absolute atomic E-state index is 0.0188. The number of hydrazone groups is 1. The molecule has 2 aromatic carbocycles. The fourth-order valence-electron chi connectivity index (χ4n) is 3.94. The van der Waals surface area contributed by atoms with Crippen molar-refractivity contribution >= 4 is 29.3 Å². The van der Waals surface area contributed by atoms with Gasteiger partial charge >= 0.3 is 0 Å². The summed E-state index contributed by atoms with van der Waals surface area (Å²) in [6.07, 6.45) is 2.65.